The normalized spacial score (nSPS) is 17.0. The Morgan fingerprint density at radius 2 is 1.87 bits per heavy atom. The summed E-state index contributed by atoms with van der Waals surface area (Å²) in [6.45, 7) is 6.76. The number of likely N-dealkylation sites (tertiary alicyclic amines) is 1. The lowest BCUT2D eigenvalue weighted by Crippen LogP contribution is -2.42. The molecule has 1 aliphatic carbocycles. The van der Waals surface area contributed by atoms with E-state index in [4.69, 9.17) is 9.47 Å². The van der Waals surface area contributed by atoms with Gasteiger partial charge in [0, 0.05) is 42.7 Å². The largest absolute Gasteiger partial charge is 0.444 e. The topological polar surface area (TPSA) is 119 Å². The molecule has 1 aliphatic heterocycles. The van der Waals surface area contributed by atoms with E-state index in [9.17, 15) is 9.59 Å². The zero-order valence-electron chi connectivity index (χ0n) is 22.5. The van der Waals surface area contributed by atoms with Gasteiger partial charge in [0.1, 0.15) is 17.0 Å². The Morgan fingerprint density at radius 1 is 1.08 bits per heavy atom. The van der Waals surface area contributed by atoms with Crippen molar-refractivity contribution < 1.29 is 19.1 Å². The highest BCUT2D eigenvalue weighted by atomic mass is 16.6. The second kappa shape index (κ2) is 11.3. The number of hydrogen-bond acceptors (Lipinski definition) is 8. The number of amides is 2. The number of anilines is 2. The van der Waals surface area contributed by atoms with Gasteiger partial charge in [-0.2, -0.15) is 4.98 Å². The quantitative estimate of drug-likeness (QED) is 0.392. The maximum atomic E-state index is 12.7. The molecule has 3 aromatic rings. The summed E-state index contributed by atoms with van der Waals surface area (Å²) in [6.07, 6.45) is 8.44. The standard InChI is InChI=1S/C29H34N6O4/c1-29(2,3)39-28(37)35-15-5-7-22(35)17-31-24-18-32-25(20-6-4-14-30-16-20)34-27(24)38-23-12-10-21(11-13-23)33-26(36)19-8-9-19/h4,6,10-14,16,18-19,22,31H,5,7-9,15,17H2,1-3H3,(H,33,36)/t22-/m0/s1. The molecule has 2 amide bonds. The summed E-state index contributed by atoms with van der Waals surface area (Å²) in [5.74, 6) is 1.58. The zero-order chi connectivity index (χ0) is 27.4. The van der Waals surface area contributed by atoms with Crippen LogP contribution in [0.4, 0.5) is 16.2 Å². The van der Waals surface area contributed by atoms with Crippen LogP contribution in [0.3, 0.4) is 0 Å². The van der Waals surface area contributed by atoms with Gasteiger partial charge in [0.15, 0.2) is 5.82 Å². The van der Waals surface area contributed by atoms with E-state index in [0.717, 1.165) is 36.9 Å². The van der Waals surface area contributed by atoms with Crippen molar-refractivity contribution >= 4 is 23.4 Å². The van der Waals surface area contributed by atoms with Crippen LogP contribution in [0.2, 0.25) is 0 Å². The minimum absolute atomic E-state index is 0.0277. The van der Waals surface area contributed by atoms with Crippen LogP contribution in [0.25, 0.3) is 11.4 Å². The number of ether oxygens (including phenoxy) is 2. The second-order valence-corrected chi connectivity index (χ2v) is 10.9. The number of pyridine rings is 1. The monoisotopic (exact) mass is 530 g/mol. The van der Waals surface area contributed by atoms with Crippen molar-refractivity contribution in [3.05, 3.63) is 55.0 Å². The predicted molar refractivity (Wildman–Crippen MR) is 148 cm³/mol. The molecule has 204 valence electrons. The number of carbonyl (C=O) groups excluding carboxylic acids is 2. The highest BCUT2D eigenvalue weighted by Crippen LogP contribution is 2.32. The number of carbonyl (C=O) groups is 2. The van der Waals surface area contributed by atoms with Crippen LogP contribution in [0.5, 0.6) is 11.6 Å². The summed E-state index contributed by atoms with van der Waals surface area (Å²) < 4.78 is 11.8. The number of nitrogens with zero attached hydrogens (tertiary/aromatic N) is 4. The van der Waals surface area contributed by atoms with Crippen molar-refractivity contribution in [3.63, 3.8) is 0 Å². The maximum Gasteiger partial charge on any atom is 0.410 e. The van der Waals surface area contributed by atoms with Crippen molar-refractivity contribution in [1.29, 1.82) is 0 Å². The van der Waals surface area contributed by atoms with E-state index < -0.39 is 5.60 Å². The molecule has 5 rings (SSSR count). The first-order valence-corrected chi connectivity index (χ1v) is 13.3. The van der Waals surface area contributed by atoms with Crippen molar-refractivity contribution in [3.8, 4) is 23.0 Å². The first kappa shape index (κ1) is 26.4. The fourth-order valence-corrected chi connectivity index (χ4v) is 4.34. The van der Waals surface area contributed by atoms with Gasteiger partial charge < -0.3 is 25.0 Å². The lowest BCUT2D eigenvalue weighted by atomic mass is 10.2. The Balaban J connectivity index is 1.32. The summed E-state index contributed by atoms with van der Waals surface area (Å²) in [6, 6.07) is 10.9. The van der Waals surface area contributed by atoms with Crippen molar-refractivity contribution in [2.75, 3.05) is 23.7 Å². The molecule has 1 saturated carbocycles. The number of hydrogen-bond donors (Lipinski definition) is 2. The molecule has 0 unspecified atom stereocenters. The molecule has 1 aromatic carbocycles. The summed E-state index contributed by atoms with van der Waals surface area (Å²) in [7, 11) is 0. The lowest BCUT2D eigenvalue weighted by molar-refractivity contribution is -0.117. The van der Waals surface area contributed by atoms with E-state index in [1.54, 1.807) is 35.6 Å². The van der Waals surface area contributed by atoms with Crippen LogP contribution < -0.4 is 15.4 Å². The average molecular weight is 531 g/mol. The molecule has 0 radical (unpaired) electrons. The molecule has 2 aliphatic rings. The molecule has 1 atom stereocenters. The van der Waals surface area contributed by atoms with Gasteiger partial charge in [-0.05, 0) is 82.9 Å². The van der Waals surface area contributed by atoms with Crippen LogP contribution in [0.15, 0.2) is 55.0 Å². The molecule has 2 N–H and O–H groups in total. The summed E-state index contributed by atoms with van der Waals surface area (Å²) >= 11 is 0. The van der Waals surface area contributed by atoms with Crippen LogP contribution in [0, 0.1) is 5.92 Å². The van der Waals surface area contributed by atoms with E-state index in [2.05, 4.69) is 25.6 Å². The summed E-state index contributed by atoms with van der Waals surface area (Å²) in [5.41, 5.74) is 1.54. The second-order valence-electron chi connectivity index (χ2n) is 10.9. The molecule has 0 spiro atoms. The Labute approximate surface area is 228 Å². The van der Waals surface area contributed by atoms with Gasteiger partial charge >= 0.3 is 6.09 Å². The number of nitrogens with one attached hydrogen (secondary N) is 2. The van der Waals surface area contributed by atoms with Gasteiger partial charge in [-0.15, -0.1) is 0 Å². The van der Waals surface area contributed by atoms with Crippen LogP contribution >= 0.6 is 0 Å². The minimum atomic E-state index is -0.551. The van der Waals surface area contributed by atoms with Gasteiger partial charge in [0.25, 0.3) is 0 Å². The fourth-order valence-electron chi connectivity index (χ4n) is 4.34. The van der Waals surface area contributed by atoms with E-state index in [-0.39, 0.29) is 24.0 Å². The number of aromatic nitrogens is 3. The summed E-state index contributed by atoms with van der Waals surface area (Å²) in [4.78, 5) is 39.9. The molecule has 3 heterocycles. The van der Waals surface area contributed by atoms with Crippen molar-refractivity contribution in [2.45, 2.75) is 58.1 Å². The third-order valence-electron chi connectivity index (χ3n) is 6.49. The third kappa shape index (κ3) is 7.01. The Kier molecular flexibility index (Phi) is 7.63. The number of rotatable bonds is 8. The smallest absolute Gasteiger partial charge is 0.410 e. The molecular formula is C29H34N6O4. The first-order valence-electron chi connectivity index (χ1n) is 13.3. The molecule has 0 bridgehead atoms. The molecule has 10 nitrogen and oxygen atoms in total. The van der Waals surface area contributed by atoms with Crippen LogP contribution in [-0.2, 0) is 9.53 Å². The Morgan fingerprint density at radius 3 is 2.56 bits per heavy atom. The van der Waals surface area contributed by atoms with Crippen LogP contribution in [-0.4, -0.2) is 56.6 Å². The van der Waals surface area contributed by atoms with Crippen LogP contribution in [0.1, 0.15) is 46.5 Å². The molecule has 1 saturated heterocycles. The maximum absolute atomic E-state index is 12.7. The SMILES string of the molecule is CC(C)(C)OC(=O)N1CCC[C@H]1CNc1cnc(-c2cccnc2)nc1Oc1ccc(NC(=O)C2CC2)cc1. The van der Waals surface area contributed by atoms with Crippen molar-refractivity contribution in [1.82, 2.24) is 19.9 Å². The van der Waals surface area contributed by atoms with E-state index in [1.807, 2.05) is 45.0 Å². The highest BCUT2D eigenvalue weighted by molar-refractivity contribution is 5.94. The minimum Gasteiger partial charge on any atom is -0.444 e. The number of benzene rings is 1. The van der Waals surface area contributed by atoms with Crippen molar-refractivity contribution in [2.24, 2.45) is 5.92 Å². The molecular weight excluding hydrogens is 496 g/mol. The Hall–Kier alpha value is -4.21. The zero-order valence-corrected chi connectivity index (χ0v) is 22.5. The highest BCUT2D eigenvalue weighted by Gasteiger charge is 2.32. The third-order valence-corrected chi connectivity index (χ3v) is 6.49. The first-order chi connectivity index (χ1) is 18.7. The van der Waals surface area contributed by atoms with Gasteiger partial charge in [-0.3, -0.25) is 9.78 Å². The predicted octanol–water partition coefficient (Wildman–Crippen LogP) is 5.49. The molecule has 2 fully saturated rings. The molecule has 10 heteroatoms. The van der Waals surface area contributed by atoms with Gasteiger partial charge in [0.05, 0.1) is 12.2 Å². The van der Waals surface area contributed by atoms with Gasteiger partial charge in [-0.1, -0.05) is 0 Å². The van der Waals surface area contributed by atoms with E-state index in [0.29, 0.717) is 36.2 Å². The average Bonchev–Trinajstić information content (AvgIpc) is 3.66. The van der Waals surface area contributed by atoms with Gasteiger partial charge in [-0.25, -0.2) is 9.78 Å². The summed E-state index contributed by atoms with van der Waals surface area (Å²) in [5, 5.41) is 6.32. The lowest BCUT2D eigenvalue weighted by Gasteiger charge is -2.29. The van der Waals surface area contributed by atoms with E-state index >= 15 is 0 Å². The fraction of sp³-hybridized carbons (Fsp3) is 0.414. The Bertz CT molecular complexity index is 1310. The molecule has 2 aromatic heterocycles. The molecule has 39 heavy (non-hydrogen) atoms. The van der Waals surface area contributed by atoms with E-state index in [1.165, 1.54) is 0 Å². The van der Waals surface area contributed by atoms with Gasteiger partial charge in [0.2, 0.25) is 11.8 Å².